The van der Waals surface area contributed by atoms with Crippen LogP contribution in [0.2, 0.25) is 0 Å². The molecule has 0 atom stereocenters. The zero-order valence-electron chi connectivity index (χ0n) is 14.6. The van der Waals surface area contributed by atoms with Crippen LogP contribution in [0.1, 0.15) is 25.7 Å². The summed E-state index contributed by atoms with van der Waals surface area (Å²) in [5, 5.41) is 10.7. The second kappa shape index (κ2) is 8.53. The summed E-state index contributed by atoms with van der Waals surface area (Å²) in [6.45, 7) is 3.02. The Kier molecular flexibility index (Phi) is 6.13. The van der Waals surface area contributed by atoms with Gasteiger partial charge in [-0.25, -0.2) is 0 Å². The number of carbonyl (C=O) groups excluding carboxylic acids is 2. The van der Waals surface area contributed by atoms with Crippen LogP contribution in [0.15, 0.2) is 29.2 Å². The SMILES string of the molecule is O=C(CSc1ccc([N+](=O)[O-])cc1)N1CCC(C(=O)N2CCCC2)CC1. The van der Waals surface area contributed by atoms with E-state index in [1.165, 1.54) is 23.9 Å². The molecule has 3 rings (SSSR count). The zero-order chi connectivity index (χ0) is 18.5. The van der Waals surface area contributed by atoms with Crippen molar-refractivity contribution in [1.82, 2.24) is 9.80 Å². The van der Waals surface area contributed by atoms with E-state index in [1.807, 2.05) is 9.80 Å². The molecule has 0 saturated carbocycles. The van der Waals surface area contributed by atoms with Crippen LogP contribution in [0.25, 0.3) is 0 Å². The molecular weight excluding hydrogens is 354 g/mol. The average molecular weight is 377 g/mol. The fourth-order valence-electron chi connectivity index (χ4n) is 3.47. The number of nitrogens with zero attached hydrogens (tertiary/aromatic N) is 3. The number of rotatable bonds is 5. The Labute approximate surface area is 156 Å². The van der Waals surface area contributed by atoms with E-state index < -0.39 is 4.92 Å². The number of thioether (sulfide) groups is 1. The molecule has 0 aliphatic carbocycles. The van der Waals surface area contributed by atoms with E-state index in [1.54, 1.807) is 12.1 Å². The second-order valence-corrected chi connectivity index (χ2v) is 7.78. The Bertz CT molecular complexity index is 666. The molecule has 26 heavy (non-hydrogen) atoms. The lowest BCUT2D eigenvalue weighted by atomic mass is 9.95. The van der Waals surface area contributed by atoms with E-state index in [4.69, 9.17) is 0 Å². The predicted molar refractivity (Wildman–Crippen MR) is 98.9 cm³/mol. The standard InChI is InChI=1S/C18H23N3O4S/c22-17(13-26-16-5-3-15(4-6-16)21(24)25)19-11-7-14(8-12-19)18(23)20-9-1-2-10-20/h3-6,14H,1-2,7-13H2. The molecule has 2 fully saturated rings. The van der Waals surface area contributed by atoms with Gasteiger partial charge in [-0.3, -0.25) is 19.7 Å². The number of nitro benzene ring substituents is 1. The van der Waals surface area contributed by atoms with Crippen LogP contribution in [0.4, 0.5) is 5.69 Å². The highest BCUT2D eigenvalue weighted by molar-refractivity contribution is 8.00. The summed E-state index contributed by atoms with van der Waals surface area (Å²) in [5.74, 6) is 0.678. The highest BCUT2D eigenvalue weighted by atomic mass is 32.2. The fourth-order valence-corrected chi connectivity index (χ4v) is 4.27. The van der Waals surface area contributed by atoms with Crippen LogP contribution < -0.4 is 0 Å². The van der Waals surface area contributed by atoms with Gasteiger partial charge in [0.2, 0.25) is 11.8 Å². The highest BCUT2D eigenvalue weighted by Crippen LogP contribution is 2.25. The van der Waals surface area contributed by atoms with Crippen LogP contribution >= 0.6 is 11.8 Å². The molecule has 2 saturated heterocycles. The van der Waals surface area contributed by atoms with Gasteiger partial charge >= 0.3 is 0 Å². The molecule has 2 aliphatic heterocycles. The molecule has 2 aliphatic rings. The van der Waals surface area contributed by atoms with Gasteiger partial charge in [-0.05, 0) is 37.8 Å². The van der Waals surface area contributed by atoms with E-state index in [-0.39, 0.29) is 23.4 Å². The maximum Gasteiger partial charge on any atom is 0.269 e. The van der Waals surface area contributed by atoms with Gasteiger partial charge in [-0.15, -0.1) is 11.8 Å². The molecule has 2 amide bonds. The Morgan fingerprint density at radius 2 is 1.65 bits per heavy atom. The molecule has 1 aromatic rings. The molecule has 0 bridgehead atoms. The number of benzene rings is 1. The highest BCUT2D eigenvalue weighted by Gasteiger charge is 2.31. The Morgan fingerprint density at radius 1 is 1.04 bits per heavy atom. The molecule has 7 nitrogen and oxygen atoms in total. The van der Waals surface area contributed by atoms with Crippen molar-refractivity contribution in [2.75, 3.05) is 31.9 Å². The Morgan fingerprint density at radius 3 is 2.23 bits per heavy atom. The molecule has 0 radical (unpaired) electrons. The van der Waals surface area contributed by atoms with Crippen molar-refractivity contribution in [3.05, 3.63) is 34.4 Å². The number of carbonyl (C=O) groups is 2. The quantitative estimate of drug-likeness (QED) is 0.447. The first-order valence-electron chi connectivity index (χ1n) is 8.98. The fraction of sp³-hybridized carbons (Fsp3) is 0.556. The second-order valence-electron chi connectivity index (χ2n) is 6.73. The third-order valence-electron chi connectivity index (χ3n) is 5.02. The summed E-state index contributed by atoms with van der Waals surface area (Å²) < 4.78 is 0. The van der Waals surface area contributed by atoms with Crippen molar-refractivity contribution in [2.24, 2.45) is 5.92 Å². The first-order valence-corrected chi connectivity index (χ1v) is 9.97. The largest absolute Gasteiger partial charge is 0.342 e. The Hall–Kier alpha value is -2.09. The van der Waals surface area contributed by atoms with Crippen molar-refractivity contribution in [3.63, 3.8) is 0 Å². The topological polar surface area (TPSA) is 83.8 Å². The summed E-state index contributed by atoms with van der Waals surface area (Å²) in [6, 6.07) is 6.22. The maximum atomic E-state index is 12.4. The first kappa shape index (κ1) is 18.7. The van der Waals surface area contributed by atoms with E-state index >= 15 is 0 Å². The smallest absolute Gasteiger partial charge is 0.269 e. The summed E-state index contributed by atoms with van der Waals surface area (Å²) in [5.41, 5.74) is 0.0467. The van der Waals surface area contributed by atoms with Gasteiger partial charge in [-0.1, -0.05) is 0 Å². The van der Waals surface area contributed by atoms with Crippen LogP contribution in [-0.4, -0.2) is 58.5 Å². The number of amides is 2. The van der Waals surface area contributed by atoms with Gasteiger partial charge in [0.25, 0.3) is 5.69 Å². The number of nitro groups is 1. The van der Waals surface area contributed by atoms with E-state index in [0.717, 1.165) is 43.7 Å². The number of piperidine rings is 1. The molecule has 0 aromatic heterocycles. The van der Waals surface area contributed by atoms with Crippen molar-refractivity contribution in [1.29, 1.82) is 0 Å². The minimum absolute atomic E-state index is 0.0467. The summed E-state index contributed by atoms with van der Waals surface area (Å²) in [7, 11) is 0. The predicted octanol–water partition coefficient (Wildman–Crippen LogP) is 2.55. The summed E-state index contributed by atoms with van der Waals surface area (Å²) in [6.07, 6.45) is 3.68. The number of non-ortho nitro benzene ring substituents is 1. The minimum atomic E-state index is -0.437. The Balaban J connectivity index is 1.43. The lowest BCUT2D eigenvalue weighted by molar-refractivity contribution is -0.384. The van der Waals surface area contributed by atoms with Crippen molar-refractivity contribution in [3.8, 4) is 0 Å². The van der Waals surface area contributed by atoms with Crippen molar-refractivity contribution < 1.29 is 14.5 Å². The molecule has 140 valence electrons. The van der Waals surface area contributed by atoms with Crippen molar-refractivity contribution >= 4 is 29.3 Å². The third kappa shape index (κ3) is 4.55. The zero-order valence-corrected chi connectivity index (χ0v) is 15.5. The first-order chi connectivity index (χ1) is 12.5. The third-order valence-corrected chi connectivity index (χ3v) is 6.02. The molecule has 0 unspecified atom stereocenters. The lowest BCUT2D eigenvalue weighted by Crippen LogP contribution is -2.44. The molecular formula is C18H23N3O4S. The van der Waals surface area contributed by atoms with E-state index in [0.29, 0.717) is 18.8 Å². The van der Waals surface area contributed by atoms with Gasteiger partial charge in [0.05, 0.1) is 10.7 Å². The van der Waals surface area contributed by atoms with E-state index in [2.05, 4.69) is 0 Å². The number of likely N-dealkylation sites (tertiary alicyclic amines) is 2. The van der Waals surface area contributed by atoms with Gasteiger partial charge < -0.3 is 9.80 Å². The molecule has 0 spiro atoms. The minimum Gasteiger partial charge on any atom is -0.342 e. The summed E-state index contributed by atoms with van der Waals surface area (Å²) >= 11 is 1.38. The summed E-state index contributed by atoms with van der Waals surface area (Å²) in [4.78, 5) is 39.7. The average Bonchev–Trinajstić information content (AvgIpc) is 3.20. The molecule has 2 heterocycles. The van der Waals surface area contributed by atoms with Crippen LogP contribution in [0, 0.1) is 16.0 Å². The van der Waals surface area contributed by atoms with Crippen LogP contribution in [0.3, 0.4) is 0 Å². The van der Waals surface area contributed by atoms with Gasteiger partial charge in [0.1, 0.15) is 0 Å². The van der Waals surface area contributed by atoms with Gasteiger partial charge in [-0.2, -0.15) is 0 Å². The van der Waals surface area contributed by atoms with Crippen LogP contribution in [-0.2, 0) is 9.59 Å². The number of hydrogen-bond acceptors (Lipinski definition) is 5. The molecule has 8 heteroatoms. The normalized spacial score (nSPS) is 18.2. The van der Waals surface area contributed by atoms with Gasteiger partial charge in [0, 0.05) is 49.1 Å². The van der Waals surface area contributed by atoms with Crippen molar-refractivity contribution in [2.45, 2.75) is 30.6 Å². The molecule has 1 aromatic carbocycles. The molecule has 0 N–H and O–H groups in total. The van der Waals surface area contributed by atoms with Gasteiger partial charge in [0.15, 0.2) is 0 Å². The maximum absolute atomic E-state index is 12.4. The lowest BCUT2D eigenvalue weighted by Gasteiger charge is -2.33. The van der Waals surface area contributed by atoms with E-state index in [9.17, 15) is 19.7 Å². The number of hydrogen-bond donors (Lipinski definition) is 0. The van der Waals surface area contributed by atoms with Crippen LogP contribution in [0.5, 0.6) is 0 Å². The monoisotopic (exact) mass is 377 g/mol.